The van der Waals surface area contributed by atoms with Gasteiger partial charge in [-0.15, -0.1) is 0 Å². The molecule has 0 aromatic heterocycles. The minimum absolute atomic E-state index is 0.292. The van der Waals surface area contributed by atoms with E-state index in [9.17, 15) is 14.4 Å². The zero-order valence-electron chi connectivity index (χ0n) is 9.70. The Bertz CT molecular complexity index is 323. The van der Waals surface area contributed by atoms with E-state index in [0.717, 1.165) is 6.42 Å². The molecular weight excluding hydrogens is 224 g/mol. The summed E-state index contributed by atoms with van der Waals surface area (Å²) in [6.07, 6.45) is 3.13. The summed E-state index contributed by atoms with van der Waals surface area (Å²) in [5, 5.41) is 11.6. The van der Waals surface area contributed by atoms with Crippen molar-refractivity contribution in [2.24, 2.45) is 11.1 Å². The Morgan fingerprint density at radius 3 is 2.29 bits per heavy atom. The highest BCUT2D eigenvalue weighted by molar-refractivity contribution is 6.02. The first-order valence-electron chi connectivity index (χ1n) is 5.79. The molecular formula is C11H18N2O4. The number of unbranched alkanes of at least 4 members (excludes halogenated alkanes) is 1. The summed E-state index contributed by atoms with van der Waals surface area (Å²) >= 11 is 0. The topological polar surface area (TPSA) is 109 Å². The second-order valence-corrected chi connectivity index (χ2v) is 4.42. The summed E-state index contributed by atoms with van der Waals surface area (Å²) in [6.45, 7) is 0.390. The van der Waals surface area contributed by atoms with Crippen molar-refractivity contribution in [3.63, 3.8) is 0 Å². The molecule has 0 unspecified atom stereocenters. The SMILES string of the molecule is NC(=O)CCCCNC(=O)C1(C(=O)O)CCC1. The van der Waals surface area contributed by atoms with Crippen molar-refractivity contribution in [2.45, 2.75) is 38.5 Å². The average molecular weight is 242 g/mol. The van der Waals surface area contributed by atoms with Gasteiger partial charge in [-0.3, -0.25) is 14.4 Å². The lowest BCUT2D eigenvalue weighted by molar-refractivity contribution is -0.162. The smallest absolute Gasteiger partial charge is 0.319 e. The van der Waals surface area contributed by atoms with E-state index < -0.39 is 17.3 Å². The first-order valence-corrected chi connectivity index (χ1v) is 5.79. The Labute approximate surface area is 99.6 Å². The normalized spacial score (nSPS) is 16.9. The molecule has 0 spiro atoms. The van der Waals surface area contributed by atoms with Crippen molar-refractivity contribution in [1.29, 1.82) is 0 Å². The zero-order valence-corrected chi connectivity index (χ0v) is 9.70. The molecule has 1 aliphatic carbocycles. The number of carboxylic acid groups (broad SMARTS) is 1. The second-order valence-electron chi connectivity index (χ2n) is 4.42. The lowest BCUT2D eigenvalue weighted by Gasteiger charge is -2.35. The third kappa shape index (κ3) is 3.18. The van der Waals surface area contributed by atoms with Crippen LogP contribution in [0, 0.1) is 5.41 Å². The quantitative estimate of drug-likeness (QED) is 0.431. The minimum atomic E-state index is -1.20. The van der Waals surface area contributed by atoms with Gasteiger partial charge >= 0.3 is 5.97 Å². The molecule has 0 aromatic rings. The van der Waals surface area contributed by atoms with E-state index in [4.69, 9.17) is 10.8 Å². The van der Waals surface area contributed by atoms with Gasteiger partial charge in [-0.1, -0.05) is 6.42 Å². The predicted octanol–water partition coefficient (Wildman–Crippen LogP) is 0.0131. The number of hydrogen-bond donors (Lipinski definition) is 3. The molecule has 17 heavy (non-hydrogen) atoms. The number of primary amides is 1. The molecule has 0 radical (unpaired) electrons. The standard InChI is InChI=1S/C11H18N2O4/c12-8(14)4-1-2-7-13-9(15)11(10(16)17)5-3-6-11/h1-7H2,(H2,12,14)(H,13,15)(H,16,17). The number of carbonyl (C=O) groups is 3. The molecule has 0 saturated heterocycles. The molecule has 1 aliphatic rings. The van der Waals surface area contributed by atoms with Crippen molar-refractivity contribution in [1.82, 2.24) is 5.32 Å². The molecule has 0 heterocycles. The predicted molar refractivity (Wildman–Crippen MR) is 60.0 cm³/mol. The molecule has 1 fully saturated rings. The number of rotatable bonds is 7. The second kappa shape index (κ2) is 5.65. The van der Waals surface area contributed by atoms with Gasteiger partial charge in [0, 0.05) is 13.0 Å². The van der Waals surface area contributed by atoms with E-state index in [1.807, 2.05) is 0 Å². The fourth-order valence-electron chi connectivity index (χ4n) is 1.86. The summed E-state index contributed by atoms with van der Waals surface area (Å²) in [4.78, 5) is 33.2. The number of nitrogens with two attached hydrogens (primary N) is 1. The van der Waals surface area contributed by atoms with Gasteiger partial charge in [-0.05, 0) is 25.7 Å². The number of carboxylic acids is 1. The molecule has 0 aliphatic heterocycles. The minimum Gasteiger partial charge on any atom is -0.480 e. The van der Waals surface area contributed by atoms with Gasteiger partial charge < -0.3 is 16.2 Å². The number of nitrogens with one attached hydrogen (secondary N) is 1. The molecule has 0 aromatic carbocycles. The number of amides is 2. The van der Waals surface area contributed by atoms with Crippen LogP contribution in [0.25, 0.3) is 0 Å². The van der Waals surface area contributed by atoms with E-state index >= 15 is 0 Å². The highest BCUT2D eigenvalue weighted by Crippen LogP contribution is 2.41. The Kier molecular flexibility index (Phi) is 4.48. The summed E-state index contributed by atoms with van der Waals surface area (Å²) in [5.74, 6) is -1.81. The van der Waals surface area contributed by atoms with Crippen LogP contribution in [0.4, 0.5) is 0 Å². The summed E-state index contributed by atoms with van der Waals surface area (Å²) in [7, 11) is 0. The van der Waals surface area contributed by atoms with Gasteiger partial charge in [0.15, 0.2) is 0 Å². The van der Waals surface area contributed by atoms with E-state index in [2.05, 4.69) is 5.32 Å². The maximum Gasteiger partial charge on any atom is 0.319 e. The number of carbonyl (C=O) groups excluding carboxylic acids is 2. The van der Waals surface area contributed by atoms with Gasteiger partial charge in [0.1, 0.15) is 5.41 Å². The fraction of sp³-hybridized carbons (Fsp3) is 0.727. The molecule has 6 nitrogen and oxygen atoms in total. The van der Waals surface area contributed by atoms with Gasteiger partial charge in [-0.25, -0.2) is 0 Å². The average Bonchev–Trinajstić information content (AvgIpc) is 2.14. The largest absolute Gasteiger partial charge is 0.480 e. The van der Waals surface area contributed by atoms with Crippen molar-refractivity contribution in [3.05, 3.63) is 0 Å². The molecule has 6 heteroatoms. The Morgan fingerprint density at radius 2 is 1.88 bits per heavy atom. The first-order chi connectivity index (χ1) is 7.99. The fourth-order valence-corrected chi connectivity index (χ4v) is 1.86. The van der Waals surface area contributed by atoms with Crippen molar-refractivity contribution >= 4 is 17.8 Å². The molecule has 4 N–H and O–H groups in total. The van der Waals surface area contributed by atoms with Crippen LogP contribution < -0.4 is 11.1 Å². The third-order valence-electron chi connectivity index (χ3n) is 3.19. The Morgan fingerprint density at radius 1 is 1.24 bits per heavy atom. The maximum atomic E-state index is 11.7. The molecule has 1 rings (SSSR count). The Hall–Kier alpha value is -1.59. The monoisotopic (exact) mass is 242 g/mol. The van der Waals surface area contributed by atoms with Crippen molar-refractivity contribution < 1.29 is 19.5 Å². The highest BCUT2D eigenvalue weighted by atomic mass is 16.4. The Balaban J connectivity index is 2.25. The highest BCUT2D eigenvalue weighted by Gasteiger charge is 2.50. The summed E-state index contributed by atoms with van der Waals surface area (Å²) in [6, 6.07) is 0. The molecule has 1 saturated carbocycles. The maximum absolute atomic E-state index is 11.7. The van der Waals surface area contributed by atoms with Crippen LogP contribution in [-0.4, -0.2) is 29.4 Å². The van der Waals surface area contributed by atoms with Crippen molar-refractivity contribution in [3.8, 4) is 0 Å². The van der Waals surface area contributed by atoms with E-state index in [1.54, 1.807) is 0 Å². The van der Waals surface area contributed by atoms with E-state index in [0.29, 0.717) is 38.6 Å². The van der Waals surface area contributed by atoms with Crippen LogP contribution in [0.3, 0.4) is 0 Å². The van der Waals surface area contributed by atoms with E-state index in [-0.39, 0.29) is 5.91 Å². The lowest BCUT2D eigenvalue weighted by atomic mass is 9.68. The summed E-state index contributed by atoms with van der Waals surface area (Å²) < 4.78 is 0. The lowest BCUT2D eigenvalue weighted by Crippen LogP contribution is -2.51. The van der Waals surface area contributed by atoms with Gasteiger partial charge in [0.2, 0.25) is 11.8 Å². The zero-order chi connectivity index (χ0) is 12.9. The molecule has 96 valence electrons. The summed E-state index contributed by atoms with van der Waals surface area (Å²) in [5.41, 5.74) is 3.77. The van der Waals surface area contributed by atoms with Crippen LogP contribution in [0.5, 0.6) is 0 Å². The van der Waals surface area contributed by atoms with Crippen LogP contribution in [0.15, 0.2) is 0 Å². The molecule has 0 bridgehead atoms. The van der Waals surface area contributed by atoms with Gasteiger partial charge in [0.05, 0.1) is 0 Å². The van der Waals surface area contributed by atoms with Crippen LogP contribution in [0.1, 0.15) is 38.5 Å². The van der Waals surface area contributed by atoms with Crippen molar-refractivity contribution in [2.75, 3.05) is 6.54 Å². The van der Waals surface area contributed by atoms with Crippen LogP contribution >= 0.6 is 0 Å². The van der Waals surface area contributed by atoms with Gasteiger partial charge in [0.25, 0.3) is 0 Å². The van der Waals surface area contributed by atoms with Crippen LogP contribution in [-0.2, 0) is 14.4 Å². The molecule has 0 atom stereocenters. The number of aliphatic carboxylic acids is 1. The van der Waals surface area contributed by atoms with Crippen LogP contribution in [0.2, 0.25) is 0 Å². The van der Waals surface area contributed by atoms with Gasteiger partial charge in [-0.2, -0.15) is 0 Å². The number of hydrogen-bond acceptors (Lipinski definition) is 3. The first kappa shape index (κ1) is 13.5. The van der Waals surface area contributed by atoms with E-state index in [1.165, 1.54) is 0 Å². The third-order valence-corrected chi connectivity index (χ3v) is 3.19. The molecule has 2 amide bonds.